The number of carbonyl (C=O) groups excluding carboxylic acids is 2. The van der Waals surface area contributed by atoms with Crippen LogP contribution in [-0.2, 0) is 17.9 Å². The Kier molecular flexibility index (Phi) is 6.99. The van der Waals surface area contributed by atoms with E-state index in [1.54, 1.807) is 65.4 Å². The molecule has 2 aromatic carbocycles. The molecule has 2 amide bonds. The smallest absolute Gasteiger partial charge is 0.254 e. The van der Waals surface area contributed by atoms with Crippen molar-refractivity contribution in [2.75, 3.05) is 40.0 Å². The maximum Gasteiger partial charge on any atom is 0.254 e. The lowest BCUT2D eigenvalue weighted by molar-refractivity contribution is -0.0197. The van der Waals surface area contributed by atoms with Gasteiger partial charge < -0.3 is 29.2 Å². The van der Waals surface area contributed by atoms with Crippen LogP contribution in [0.5, 0.6) is 17.2 Å². The molecule has 36 heavy (non-hydrogen) atoms. The molecule has 1 saturated heterocycles. The molecule has 8 bridgehead atoms. The van der Waals surface area contributed by atoms with Gasteiger partial charge >= 0.3 is 0 Å². The second kappa shape index (κ2) is 10.6. The van der Waals surface area contributed by atoms with Crippen molar-refractivity contribution in [1.82, 2.24) is 25.2 Å². The number of nitrogens with one attached hydrogen (secondary N) is 1. The van der Waals surface area contributed by atoms with Gasteiger partial charge in [0.1, 0.15) is 24.7 Å². The number of hydrogen-bond acceptors (Lipinski definition) is 8. The van der Waals surface area contributed by atoms with Crippen LogP contribution in [0.25, 0.3) is 0 Å². The highest BCUT2D eigenvalue weighted by molar-refractivity contribution is 5.95. The molecule has 11 heteroatoms. The van der Waals surface area contributed by atoms with Gasteiger partial charge in [-0.15, -0.1) is 5.10 Å². The maximum absolute atomic E-state index is 13.3. The molecular weight excluding hydrogens is 466 g/mol. The Morgan fingerprint density at radius 2 is 1.97 bits per heavy atom. The van der Waals surface area contributed by atoms with E-state index < -0.39 is 0 Å². The van der Waals surface area contributed by atoms with E-state index in [1.807, 2.05) is 0 Å². The van der Waals surface area contributed by atoms with Gasteiger partial charge in [0.15, 0.2) is 11.5 Å². The second-order valence-corrected chi connectivity index (χ2v) is 8.46. The monoisotopic (exact) mass is 493 g/mol. The second-order valence-electron chi connectivity index (χ2n) is 8.46. The molecule has 188 valence electrons. The molecule has 3 heterocycles. The fourth-order valence-electron chi connectivity index (χ4n) is 4.09. The molecule has 2 aliphatic heterocycles. The SMILES string of the molecule is COc1ccc2cc1OCc1cn(nn1)CCOc1cccc(c1)C(=O)NCC1CN(CCO1)C2=O. The zero-order valence-corrected chi connectivity index (χ0v) is 19.9. The number of amides is 2. The van der Waals surface area contributed by atoms with Crippen molar-refractivity contribution in [3.63, 3.8) is 0 Å². The summed E-state index contributed by atoms with van der Waals surface area (Å²) in [5.74, 6) is 1.13. The predicted molar refractivity (Wildman–Crippen MR) is 127 cm³/mol. The van der Waals surface area contributed by atoms with Crippen LogP contribution in [-0.4, -0.2) is 77.8 Å². The highest BCUT2D eigenvalue weighted by Crippen LogP contribution is 2.29. The summed E-state index contributed by atoms with van der Waals surface area (Å²) in [5.41, 5.74) is 1.57. The van der Waals surface area contributed by atoms with Gasteiger partial charge in [0.2, 0.25) is 0 Å². The largest absolute Gasteiger partial charge is 0.493 e. The Labute approximate surface area is 207 Å². The zero-order valence-electron chi connectivity index (χ0n) is 19.9. The van der Waals surface area contributed by atoms with Crippen molar-refractivity contribution < 1.29 is 28.5 Å². The number of carbonyl (C=O) groups is 2. The Morgan fingerprint density at radius 1 is 1.06 bits per heavy atom. The summed E-state index contributed by atoms with van der Waals surface area (Å²) >= 11 is 0. The van der Waals surface area contributed by atoms with E-state index in [2.05, 4.69) is 15.6 Å². The maximum atomic E-state index is 13.3. The van der Waals surface area contributed by atoms with Gasteiger partial charge in [0.05, 0.1) is 32.6 Å². The van der Waals surface area contributed by atoms with E-state index in [4.69, 9.17) is 18.9 Å². The number of benzene rings is 2. The van der Waals surface area contributed by atoms with Crippen LogP contribution in [0.15, 0.2) is 48.7 Å². The molecular formula is C25H27N5O6. The van der Waals surface area contributed by atoms with Gasteiger partial charge in [-0.3, -0.25) is 9.59 Å². The number of fused-ring (bicyclic) bond motifs is 8. The molecule has 1 aromatic heterocycles. The van der Waals surface area contributed by atoms with Gasteiger partial charge in [-0.1, -0.05) is 11.3 Å². The molecule has 2 aliphatic rings. The minimum Gasteiger partial charge on any atom is -0.493 e. The number of aromatic nitrogens is 3. The number of nitrogens with zero attached hydrogens (tertiary/aromatic N) is 4. The third kappa shape index (κ3) is 5.41. The van der Waals surface area contributed by atoms with Crippen LogP contribution >= 0.6 is 0 Å². The van der Waals surface area contributed by atoms with Crippen molar-refractivity contribution >= 4 is 11.8 Å². The summed E-state index contributed by atoms with van der Waals surface area (Å²) in [6, 6.07) is 12.1. The fraction of sp³-hybridized carbons (Fsp3) is 0.360. The van der Waals surface area contributed by atoms with E-state index in [-0.39, 0.29) is 31.1 Å². The normalized spacial score (nSPS) is 18.8. The van der Waals surface area contributed by atoms with Crippen molar-refractivity contribution in [2.45, 2.75) is 19.3 Å². The van der Waals surface area contributed by atoms with Crippen molar-refractivity contribution in [1.29, 1.82) is 0 Å². The van der Waals surface area contributed by atoms with Crippen LogP contribution in [0.4, 0.5) is 0 Å². The Bertz CT molecular complexity index is 1250. The fourth-order valence-corrected chi connectivity index (χ4v) is 4.09. The number of hydrogen-bond donors (Lipinski definition) is 1. The molecule has 1 N–H and O–H groups in total. The third-order valence-electron chi connectivity index (χ3n) is 5.97. The van der Waals surface area contributed by atoms with Crippen molar-refractivity contribution in [3.8, 4) is 17.2 Å². The molecule has 11 nitrogen and oxygen atoms in total. The van der Waals surface area contributed by atoms with Crippen LogP contribution in [0.1, 0.15) is 26.4 Å². The molecule has 0 radical (unpaired) electrons. The van der Waals surface area contributed by atoms with Crippen LogP contribution in [0, 0.1) is 0 Å². The average molecular weight is 494 g/mol. The topological polar surface area (TPSA) is 117 Å². The zero-order chi connectivity index (χ0) is 24.9. The van der Waals surface area contributed by atoms with Gasteiger partial charge in [0, 0.05) is 30.8 Å². The lowest BCUT2D eigenvalue weighted by Crippen LogP contribution is -2.49. The molecule has 1 unspecified atom stereocenters. The first-order valence-electron chi connectivity index (χ1n) is 11.7. The summed E-state index contributed by atoms with van der Waals surface area (Å²) < 4.78 is 24.6. The van der Waals surface area contributed by atoms with E-state index in [9.17, 15) is 9.59 Å². The van der Waals surface area contributed by atoms with Crippen molar-refractivity contribution in [2.24, 2.45) is 0 Å². The van der Waals surface area contributed by atoms with Crippen LogP contribution < -0.4 is 19.5 Å². The van der Waals surface area contributed by atoms with Gasteiger partial charge in [0.25, 0.3) is 11.8 Å². The van der Waals surface area contributed by atoms with E-state index >= 15 is 0 Å². The van der Waals surface area contributed by atoms with Gasteiger partial charge in [-0.25, -0.2) is 4.68 Å². The van der Waals surface area contributed by atoms with E-state index in [1.165, 1.54) is 0 Å². The Hall–Kier alpha value is -4.12. The first-order chi connectivity index (χ1) is 17.6. The highest BCUT2D eigenvalue weighted by Gasteiger charge is 2.26. The standard InChI is InChI=1S/C25H27N5O6/c1-33-22-6-5-18-12-23(22)36-16-19-14-30(28-27-19)8-10-34-20-4-2-3-17(11-20)24(31)26-13-21-15-29(25(18)32)7-9-35-21/h2-6,11-12,14,21H,7-10,13,15-16H2,1H3,(H,26,31). The lowest BCUT2D eigenvalue weighted by atomic mass is 10.1. The first-order valence-corrected chi connectivity index (χ1v) is 11.7. The number of ether oxygens (including phenoxy) is 4. The Morgan fingerprint density at radius 3 is 2.86 bits per heavy atom. The van der Waals surface area contributed by atoms with Gasteiger partial charge in [-0.05, 0) is 36.4 Å². The molecule has 3 aromatic rings. The Balaban J connectivity index is 1.40. The molecule has 1 fully saturated rings. The lowest BCUT2D eigenvalue weighted by Gasteiger charge is -2.33. The molecule has 0 spiro atoms. The molecule has 5 rings (SSSR count). The van der Waals surface area contributed by atoms with Crippen molar-refractivity contribution in [3.05, 3.63) is 65.5 Å². The summed E-state index contributed by atoms with van der Waals surface area (Å²) in [6.45, 7) is 2.43. The van der Waals surface area contributed by atoms with Crippen LogP contribution in [0.3, 0.4) is 0 Å². The first kappa shape index (κ1) is 23.6. The molecule has 0 saturated carbocycles. The van der Waals surface area contributed by atoms with Gasteiger partial charge in [-0.2, -0.15) is 0 Å². The summed E-state index contributed by atoms with van der Waals surface area (Å²) in [6.07, 6.45) is 1.45. The quantitative estimate of drug-likeness (QED) is 0.543. The highest BCUT2D eigenvalue weighted by atomic mass is 16.5. The average Bonchev–Trinajstić information content (AvgIpc) is 3.37. The van der Waals surface area contributed by atoms with E-state index in [0.717, 1.165) is 0 Å². The third-order valence-corrected chi connectivity index (χ3v) is 5.97. The van der Waals surface area contributed by atoms with Crippen LogP contribution in [0.2, 0.25) is 0 Å². The summed E-state index contributed by atoms with van der Waals surface area (Å²) in [7, 11) is 1.54. The van der Waals surface area contributed by atoms with E-state index in [0.29, 0.717) is 66.9 Å². The molecule has 0 aliphatic carbocycles. The predicted octanol–water partition coefficient (Wildman–Crippen LogP) is 1.53. The summed E-state index contributed by atoms with van der Waals surface area (Å²) in [4.78, 5) is 27.7. The minimum atomic E-state index is -0.323. The number of methoxy groups -OCH3 is 1. The molecule has 1 atom stereocenters. The number of rotatable bonds is 1. The number of morpholine rings is 1. The minimum absolute atomic E-state index is 0.149. The summed E-state index contributed by atoms with van der Waals surface area (Å²) in [5, 5.41) is 11.2.